The maximum atomic E-state index is 5.43. The molecule has 0 spiro atoms. The molecule has 11 rings (SSSR count). The molecule has 0 aliphatic carbocycles. The average molecular weight is 728 g/mol. The van der Waals surface area contributed by atoms with Gasteiger partial charge in [0, 0.05) is 61.8 Å². The topological polar surface area (TPSA) is 56.5 Å². The molecule has 0 bridgehead atoms. The van der Waals surface area contributed by atoms with Gasteiger partial charge in [0.05, 0.1) is 33.6 Å². The Bertz CT molecular complexity index is 3270. The molecule has 57 heavy (non-hydrogen) atoms. The van der Waals surface area contributed by atoms with Crippen molar-refractivity contribution in [3.63, 3.8) is 0 Å². The Kier molecular flexibility index (Phi) is 7.74. The molecule has 4 heterocycles. The summed E-state index contributed by atoms with van der Waals surface area (Å²) in [5.74, 6) is 0. The second-order valence-electron chi connectivity index (χ2n) is 14.3. The molecule has 0 saturated heterocycles. The molecule has 11 aromatic rings. The number of para-hydroxylation sites is 1. The molecule has 0 N–H and O–H groups in total. The van der Waals surface area contributed by atoms with Gasteiger partial charge in [-0.3, -0.25) is 4.98 Å². The summed E-state index contributed by atoms with van der Waals surface area (Å²) < 4.78 is 2.12. The highest BCUT2D eigenvalue weighted by molar-refractivity contribution is 6.24. The zero-order valence-corrected chi connectivity index (χ0v) is 30.8. The average Bonchev–Trinajstić information content (AvgIpc) is 3.70. The van der Waals surface area contributed by atoms with E-state index in [1.165, 1.54) is 0 Å². The van der Waals surface area contributed by atoms with E-state index < -0.39 is 0 Å². The lowest BCUT2D eigenvalue weighted by atomic mass is 9.85. The summed E-state index contributed by atoms with van der Waals surface area (Å²) in [5.41, 5.74) is 13.9. The summed E-state index contributed by atoms with van der Waals surface area (Å²) in [5, 5.41) is 10.8. The van der Waals surface area contributed by atoms with Crippen LogP contribution in [0.5, 0.6) is 0 Å². The molecule has 0 amide bonds. The molecule has 4 aromatic heterocycles. The first-order valence-corrected chi connectivity index (χ1v) is 19.1. The molecular formula is C52H33N5. The standard InChI is InChI=1S/C52H33N5/c1-5-15-34(16-6-1)44-29-27-37-25-26-38-28-30-45(55-51(38)50(37)54-44)39-31-40(33-53-32-39)46-42-23-13-14-24-43(42)52-48(47(46)35-17-7-2-8-18-35)49(36-19-9-3-10-20-36)56-57(52)41-21-11-4-12-22-41/h1-33H. The van der Waals surface area contributed by atoms with Crippen LogP contribution in [0, 0.1) is 0 Å². The van der Waals surface area contributed by atoms with Gasteiger partial charge in [0.2, 0.25) is 0 Å². The van der Waals surface area contributed by atoms with Gasteiger partial charge in [0.15, 0.2) is 0 Å². The van der Waals surface area contributed by atoms with Crippen molar-refractivity contribution in [2.45, 2.75) is 0 Å². The third-order valence-corrected chi connectivity index (χ3v) is 10.9. The monoisotopic (exact) mass is 727 g/mol. The third kappa shape index (κ3) is 5.56. The smallest absolute Gasteiger partial charge is 0.101 e. The van der Waals surface area contributed by atoms with E-state index in [1.54, 1.807) is 0 Å². The summed E-state index contributed by atoms with van der Waals surface area (Å²) in [4.78, 5) is 15.4. The second kappa shape index (κ2) is 13.5. The van der Waals surface area contributed by atoms with Crippen molar-refractivity contribution < 1.29 is 0 Å². The SMILES string of the molecule is c1ccc(-c2ccc3ccc4ccc(-c5cncc(-c6c(-c7ccccc7)c7c(-c8ccccc8)nn(-c8ccccc8)c7c7ccccc67)c5)nc4c3n2)cc1. The van der Waals surface area contributed by atoms with E-state index in [1.807, 2.05) is 36.7 Å². The van der Waals surface area contributed by atoms with Crippen LogP contribution in [0.1, 0.15) is 0 Å². The Hall–Kier alpha value is -7.76. The molecule has 266 valence electrons. The Labute approximate surface area is 329 Å². The van der Waals surface area contributed by atoms with Crippen LogP contribution in [0.15, 0.2) is 200 Å². The second-order valence-corrected chi connectivity index (χ2v) is 14.3. The quantitative estimate of drug-likeness (QED) is 0.160. The van der Waals surface area contributed by atoms with Gasteiger partial charge >= 0.3 is 0 Å². The summed E-state index contributed by atoms with van der Waals surface area (Å²) >= 11 is 0. The largest absolute Gasteiger partial charge is 0.263 e. The minimum absolute atomic E-state index is 0.838. The van der Waals surface area contributed by atoms with Gasteiger partial charge in [-0.25, -0.2) is 14.6 Å². The maximum Gasteiger partial charge on any atom is 0.101 e. The summed E-state index contributed by atoms with van der Waals surface area (Å²) in [6, 6.07) is 65.6. The number of nitrogens with zero attached hydrogens (tertiary/aromatic N) is 5. The van der Waals surface area contributed by atoms with Crippen LogP contribution in [0.2, 0.25) is 0 Å². The summed E-state index contributed by atoms with van der Waals surface area (Å²) in [6.45, 7) is 0. The number of benzene rings is 7. The molecule has 0 saturated carbocycles. The van der Waals surface area contributed by atoms with Crippen molar-refractivity contribution in [1.82, 2.24) is 24.7 Å². The molecular weight excluding hydrogens is 695 g/mol. The van der Waals surface area contributed by atoms with Crippen LogP contribution in [-0.2, 0) is 0 Å². The molecule has 5 heteroatoms. The van der Waals surface area contributed by atoms with E-state index in [0.29, 0.717) is 0 Å². The predicted molar refractivity (Wildman–Crippen MR) is 234 cm³/mol. The molecule has 5 nitrogen and oxygen atoms in total. The minimum atomic E-state index is 0.838. The van der Waals surface area contributed by atoms with Gasteiger partial charge in [-0.2, -0.15) is 5.10 Å². The Balaban J connectivity index is 1.18. The van der Waals surface area contributed by atoms with Gasteiger partial charge in [0.25, 0.3) is 0 Å². The molecule has 0 aliphatic rings. The number of rotatable bonds is 6. The van der Waals surface area contributed by atoms with E-state index in [2.05, 4.69) is 168 Å². The predicted octanol–water partition coefficient (Wildman–Crippen LogP) is 13.0. The number of hydrogen-bond acceptors (Lipinski definition) is 4. The van der Waals surface area contributed by atoms with Crippen molar-refractivity contribution in [3.8, 4) is 61.7 Å². The summed E-state index contributed by atoms with van der Waals surface area (Å²) in [7, 11) is 0. The fourth-order valence-corrected chi connectivity index (χ4v) is 8.23. The van der Waals surface area contributed by atoms with E-state index in [0.717, 1.165) is 105 Å². The lowest BCUT2D eigenvalue weighted by molar-refractivity contribution is 0.918. The first-order valence-electron chi connectivity index (χ1n) is 19.1. The number of fused-ring (bicyclic) bond motifs is 6. The van der Waals surface area contributed by atoms with Crippen LogP contribution in [0.3, 0.4) is 0 Å². The van der Waals surface area contributed by atoms with Crippen LogP contribution in [0.25, 0.3) is 105 Å². The number of hydrogen-bond donors (Lipinski definition) is 0. The highest BCUT2D eigenvalue weighted by atomic mass is 15.3. The summed E-state index contributed by atoms with van der Waals surface area (Å²) in [6.07, 6.45) is 3.90. The van der Waals surface area contributed by atoms with E-state index >= 15 is 0 Å². The van der Waals surface area contributed by atoms with Crippen LogP contribution >= 0.6 is 0 Å². The minimum Gasteiger partial charge on any atom is -0.263 e. The molecule has 0 radical (unpaired) electrons. The van der Waals surface area contributed by atoms with Gasteiger partial charge < -0.3 is 0 Å². The van der Waals surface area contributed by atoms with Crippen molar-refractivity contribution >= 4 is 43.5 Å². The molecule has 7 aromatic carbocycles. The zero-order valence-electron chi connectivity index (χ0n) is 30.8. The number of aromatic nitrogens is 5. The normalized spacial score (nSPS) is 11.5. The Morgan fingerprint density at radius 3 is 1.54 bits per heavy atom. The van der Waals surface area contributed by atoms with Crippen LogP contribution < -0.4 is 0 Å². The maximum absolute atomic E-state index is 5.43. The van der Waals surface area contributed by atoms with Crippen molar-refractivity contribution in [3.05, 3.63) is 200 Å². The van der Waals surface area contributed by atoms with Crippen LogP contribution in [-0.4, -0.2) is 24.7 Å². The fourth-order valence-electron chi connectivity index (χ4n) is 8.23. The number of pyridine rings is 3. The van der Waals surface area contributed by atoms with Gasteiger partial charge in [-0.05, 0) is 46.8 Å². The Morgan fingerprint density at radius 1 is 0.386 bits per heavy atom. The van der Waals surface area contributed by atoms with E-state index in [4.69, 9.17) is 20.1 Å². The fraction of sp³-hybridized carbons (Fsp3) is 0. The molecule has 0 aliphatic heterocycles. The third-order valence-electron chi connectivity index (χ3n) is 10.9. The van der Waals surface area contributed by atoms with E-state index in [9.17, 15) is 0 Å². The molecule has 0 atom stereocenters. The van der Waals surface area contributed by atoms with Crippen LogP contribution in [0.4, 0.5) is 0 Å². The lowest BCUT2D eigenvalue weighted by Crippen LogP contribution is -1.98. The molecule has 0 unspecified atom stereocenters. The van der Waals surface area contributed by atoms with Gasteiger partial charge in [0.1, 0.15) is 5.69 Å². The zero-order chi connectivity index (χ0) is 37.7. The van der Waals surface area contributed by atoms with Crippen molar-refractivity contribution in [2.24, 2.45) is 0 Å². The Morgan fingerprint density at radius 2 is 0.895 bits per heavy atom. The molecule has 0 fully saturated rings. The highest BCUT2D eigenvalue weighted by Crippen LogP contribution is 2.48. The van der Waals surface area contributed by atoms with Crippen molar-refractivity contribution in [2.75, 3.05) is 0 Å². The first-order chi connectivity index (χ1) is 28.3. The van der Waals surface area contributed by atoms with Gasteiger partial charge in [-0.15, -0.1) is 0 Å². The highest BCUT2D eigenvalue weighted by Gasteiger charge is 2.25. The van der Waals surface area contributed by atoms with E-state index in [-0.39, 0.29) is 0 Å². The van der Waals surface area contributed by atoms with Gasteiger partial charge in [-0.1, -0.05) is 158 Å². The van der Waals surface area contributed by atoms with Crippen molar-refractivity contribution in [1.29, 1.82) is 0 Å². The first kappa shape index (κ1) is 32.7. The lowest BCUT2D eigenvalue weighted by Gasteiger charge is -2.18.